The van der Waals surface area contributed by atoms with Crippen molar-refractivity contribution in [2.75, 3.05) is 23.9 Å². The summed E-state index contributed by atoms with van der Waals surface area (Å²) in [4.78, 5) is 17.6. The number of fused-ring (bicyclic) bond motifs is 1. The lowest BCUT2D eigenvalue weighted by molar-refractivity contribution is -0.0241. The predicted molar refractivity (Wildman–Crippen MR) is 129 cm³/mol. The molecule has 0 radical (unpaired) electrons. The van der Waals surface area contributed by atoms with Crippen molar-refractivity contribution in [3.05, 3.63) is 69.4 Å². The molecule has 11 heteroatoms. The summed E-state index contributed by atoms with van der Waals surface area (Å²) in [6.45, 7) is 1.66. The van der Waals surface area contributed by atoms with Crippen molar-refractivity contribution in [3.63, 3.8) is 0 Å². The van der Waals surface area contributed by atoms with E-state index >= 15 is 0 Å². The second-order valence-corrected chi connectivity index (χ2v) is 11.3. The average molecular weight is 509 g/mol. The molecule has 0 aliphatic carbocycles. The van der Waals surface area contributed by atoms with E-state index in [0.29, 0.717) is 22.3 Å². The van der Waals surface area contributed by atoms with Gasteiger partial charge in [-0.1, -0.05) is 18.2 Å². The molecule has 7 nitrogen and oxygen atoms in total. The molecule has 0 amide bonds. The maximum absolute atomic E-state index is 14.7. The summed E-state index contributed by atoms with van der Waals surface area (Å²) in [5.41, 5.74) is -0.613. The molecule has 3 aromatic rings. The van der Waals surface area contributed by atoms with Crippen LogP contribution in [0, 0.1) is 10.6 Å². The second-order valence-electron chi connectivity index (χ2n) is 8.85. The molecule has 1 aromatic carbocycles. The molecule has 2 aromatic heterocycles. The molecule has 0 bridgehead atoms. The van der Waals surface area contributed by atoms with Crippen LogP contribution in [0.2, 0.25) is 0 Å². The number of nitrogens with zero attached hydrogens (tertiary/aromatic N) is 2. The van der Waals surface area contributed by atoms with Crippen LogP contribution in [0.3, 0.4) is 0 Å². The number of hydrogen-bond donors (Lipinski definition) is 2. The van der Waals surface area contributed by atoms with Crippen molar-refractivity contribution in [2.24, 2.45) is 7.05 Å². The third-order valence-corrected chi connectivity index (χ3v) is 8.52. The van der Waals surface area contributed by atoms with Crippen LogP contribution in [0.5, 0.6) is 0 Å². The van der Waals surface area contributed by atoms with Gasteiger partial charge in [-0.25, -0.2) is 22.4 Å². The Kier molecular flexibility index (Phi) is 6.67. The zero-order valence-electron chi connectivity index (χ0n) is 19.6. The standard InChI is InChI=1S/C24H27F3N4O3S/c1-14(15-5-4-6-16(20(15)25)21(26)27)30-19-7-10-29-22-17(19)13-18(23(32)31(22)2)24(34-3)8-11-35(28,33)12-9-24/h4-7,10,13-14,21,28H,8-9,11-12H2,1-3H3,(H,29,30)/t14-,24?,35?/m1/s1. The van der Waals surface area contributed by atoms with Crippen molar-refractivity contribution >= 4 is 26.4 Å². The van der Waals surface area contributed by atoms with Gasteiger partial charge in [0, 0.05) is 58.2 Å². The van der Waals surface area contributed by atoms with Gasteiger partial charge in [-0.15, -0.1) is 0 Å². The summed E-state index contributed by atoms with van der Waals surface area (Å²) in [5.74, 6) is -0.720. The molecule has 4 rings (SSSR count). The zero-order valence-corrected chi connectivity index (χ0v) is 20.4. The lowest BCUT2D eigenvalue weighted by atomic mass is 9.88. The minimum absolute atomic E-state index is 0.0867. The van der Waals surface area contributed by atoms with Gasteiger partial charge in [0.25, 0.3) is 12.0 Å². The smallest absolute Gasteiger partial charge is 0.266 e. The predicted octanol–water partition coefficient (Wildman–Crippen LogP) is 4.87. The molecule has 1 aliphatic rings. The summed E-state index contributed by atoms with van der Waals surface area (Å²) in [7, 11) is 0.365. The van der Waals surface area contributed by atoms with Crippen LogP contribution < -0.4 is 10.9 Å². The lowest BCUT2D eigenvalue weighted by Crippen LogP contribution is -2.43. The SMILES string of the molecule is COC1(c2cc3c(N[C@H](C)c4cccc(C(F)F)c4F)ccnc3n(C)c2=O)CCS(=N)(=O)CC1. The zero-order chi connectivity index (χ0) is 25.5. The maximum Gasteiger partial charge on any atom is 0.266 e. The van der Waals surface area contributed by atoms with Crippen LogP contribution in [0.1, 0.15) is 48.9 Å². The van der Waals surface area contributed by atoms with Gasteiger partial charge in [-0.05, 0) is 31.9 Å². The number of methoxy groups -OCH3 is 1. The van der Waals surface area contributed by atoms with E-state index in [4.69, 9.17) is 9.52 Å². The van der Waals surface area contributed by atoms with Crippen molar-refractivity contribution in [2.45, 2.75) is 37.8 Å². The number of pyridine rings is 2. The fraction of sp³-hybridized carbons (Fsp3) is 0.417. The van der Waals surface area contributed by atoms with Crippen molar-refractivity contribution in [3.8, 4) is 0 Å². The normalized spacial score (nSPS) is 23.5. The average Bonchev–Trinajstić information content (AvgIpc) is 2.82. The van der Waals surface area contributed by atoms with E-state index in [1.54, 1.807) is 26.1 Å². The molecule has 3 heterocycles. The lowest BCUT2D eigenvalue weighted by Gasteiger charge is -2.36. The van der Waals surface area contributed by atoms with Gasteiger partial charge in [0.15, 0.2) is 0 Å². The first-order valence-corrected chi connectivity index (χ1v) is 13.0. The number of ether oxygens (including phenoxy) is 1. The van der Waals surface area contributed by atoms with E-state index in [-0.39, 0.29) is 35.5 Å². The summed E-state index contributed by atoms with van der Waals surface area (Å²) in [5, 5.41) is 3.74. The highest BCUT2D eigenvalue weighted by Crippen LogP contribution is 2.38. The monoisotopic (exact) mass is 508 g/mol. The third-order valence-electron chi connectivity index (χ3n) is 6.80. The first-order chi connectivity index (χ1) is 16.5. The highest BCUT2D eigenvalue weighted by atomic mass is 32.2. The maximum atomic E-state index is 14.7. The molecule has 1 aliphatic heterocycles. The molecular weight excluding hydrogens is 481 g/mol. The molecule has 188 valence electrons. The van der Waals surface area contributed by atoms with Gasteiger partial charge in [0.05, 0.1) is 22.8 Å². The molecule has 0 spiro atoms. The van der Waals surface area contributed by atoms with E-state index in [9.17, 15) is 22.2 Å². The number of rotatable bonds is 6. The van der Waals surface area contributed by atoms with E-state index in [2.05, 4.69) is 10.3 Å². The first-order valence-electron chi connectivity index (χ1n) is 11.1. The number of hydrogen-bond acceptors (Lipinski definition) is 6. The minimum atomic E-state index is -2.93. The second kappa shape index (κ2) is 9.27. The molecule has 0 unspecified atom stereocenters. The summed E-state index contributed by atoms with van der Waals surface area (Å²) in [6.07, 6.45) is -0.903. The molecule has 2 N–H and O–H groups in total. The van der Waals surface area contributed by atoms with E-state index in [1.165, 1.54) is 30.0 Å². The topological polar surface area (TPSA) is 97.1 Å². The van der Waals surface area contributed by atoms with Crippen LogP contribution in [0.25, 0.3) is 11.0 Å². The molecule has 1 saturated heterocycles. The fourth-order valence-corrected chi connectivity index (χ4v) is 6.18. The molecule has 1 fully saturated rings. The van der Waals surface area contributed by atoms with Crippen molar-refractivity contribution < 1.29 is 22.1 Å². The van der Waals surface area contributed by atoms with Crippen LogP contribution in [-0.4, -0.2) is 32.4 Å². The highest BCUT2D eigenvalue weighted by Gasteiger charge is 2.40. The molecular formula is C24H27F3N4O3S. The Morgan fingerprint density at radius 3 is 2.51 bits per heavy atom. The van der Waals surface area contributed by atoms with Gasteiger partial charge in [0.2, 0.25) is 0 Å². The van der Waals surface area contributed by atoms with E-state index in [0.717, 1.165) is 6.07 Å². The minimum Gasteiger partial charge on any atom is -0.378 e. The van der Waals surface area contributed by atoms with Gasteiger partial charge in [-0.2, -0.15) is 0 Å². The Bertz CT molecular complexity index is 1430. The van der Waals surface area contributed by atoms with Crippen LogP contribution in [0.4, 0.5) is 18.9 Å². The van der Waals surface area contributed by atoms with Crippen LogP contribution >= 0.6 is 0 Å². The van der Waals surface area contributed by atoms with Gasteiger partial charge >= 0.3 is 0 Å². The Morgan fingerprint density at radius 2 is 1.89 bits per heavy atom. The van der Waals surface area contributed by atoms with Crippen LogP contribution in [-0.2, 0) is 27.1 Å². The summed E-state index contributed by atoms with van der Waals surface area (Å²) in [6, 6.07) is 6.57. The number of aryl methyl sites for hydroxylation is 1. The van der Waals surface area contributed by atoms with Crippen molar-refractivity contribution in [1.82, 2.24) is 9.55 Å². The summed E-state index contributed by atoms with van der Waals surface area (Å²) < 4.78 is 68.5. The first kappa shape index (κ1) is 25.2. The largest absolute Gasteiger partial charge is 0.378 e. The van der Waals surface area contributed by atoms with Crippen LogP contribution in [0.15, 0.2) is 41.3 Å². The number of alkyl halides is 2. The Labute approximate surface area is 201 Å². The Balaban J connectivity index is 1.81. The molecule has 0 saturated carbocycles. The number of aromatic nitrogens is 2. The quantitative estimate of drug-likeness (QED) is 0.495. The van der Waals surface area contributed by atoms with E-state index < -0.39 is 39.2 Å². The fourth-order valence-electron chi connectivity index (χ4n) is 4.66. The number of anilines is 1. The number of halogens is 3. The van der Waals surface area contributed by atoms with Gasteiger partial charge < -0.3 is 10.1 Å². The summed E-state index contributed by atoms with van der Waals surface area (Å²) >= 11 is 0. The number of benzene rings is 1. The van der Waals surface area contributed by atoms with E-state index in [1.807, 2.05) is 0 Å². The van der Waals surface area contributed by atoms with Crippen molar-refractivity contribution in [1.29, 1.82) is 4.78 Å². The highest BCUT2D eigenvalue weighted by molar-refractivity contribution is 7.92. The number of nitrogens with one attached hydrogen (secondary N) is 2. The van der Waals surface area contributed by atoms with Gasteiger partial charge in [0.1, 0.15) is 11.5 Å². The molecule has 35 heavy (non-hydrogen) atoms. The Hall–Kier alpha value is -2.92. The third kappa shape index (κ3) is 4.54. The van der Waals surface area contributed by atoms with Gasteiger partial charge in [-0.3, -0.25) is 14.1 Å². The molecule has 1 atom stereocenters. The Morgan fingerprint density at radius 1 is 1.23 bits per heavy atom.